The average molecular weight is 423 g/mol. The summed E-state index contributed by atoms with van der Waals surface area (Å²) in [6, 6.07) is 8.72. The van der Waals surface area contributed by atoms with E-state index in [1.165, 1.54) is 5.56 Å². The fraction of sp³-hybridized carbons (Fsp3) is 0.654. The number of nitrogens with zero attached hydrogens (tertiary/aromatic N) is 2. The van der Waals surface area contributed by atoms with E-state index in [1.807, 2.05) is 12.1 Å². The molecule has 0 spiro atoms. The highest BCUT2D eigenvalue weighted by atomic mass is 16.3. The van der Waals surface area contributed by atoms with Crippen LogP contribution in [0.2, 0.25) is 0 Å². The van der Waals surface area contributed by atoms with Crippen LogP contribution in [-0.2, 0) is 4.79 Å². The van der Waals surface area contributed by atoms with Gasteiger partial charge in [-0.1, -0.05) is 24.0 Å². The van der Waals surface area contributed by atoms with Crippen LogP contribution in [-0.4, -0.2) is 69.8 Å². The van der Waals surface area contributed by atoms with Crippen molar-refractivity contribution in [1.29, 1.82) is 0 Å². The van der Waals surface area contributed by atoms with Crippen LogP contribution in [0.4, 0.5) is 0 Å². The minimum Gasteiger partial charge on any atom is -0.395 e. The lowest BCUT2D eigenvalue weighted by atomic mass is 9.74. The molecule has 2 N–H and O–H groups in total. The Balaban J connectivity index is 1.33. The van der Waals surface area contributed by atoms with Crippen molar-refractivity contribution in [3.63, 3.8) is 0 Å². The Morgan fingerprint density at radius 1 is 1.06 bits per heavy atom. The predicted octanol–water partition coefficient (Wildman–Crippen LogP) is 2.50. The number of aliphatic hydroxyl groups excluding tert-OH is 1. The van der Waals surface area contributed by atoms with Crippen molar-refractivity contribution in [2.75, 3.05) is 26.2 Å². The molecule has 31 heavy (non-hydrogen) atoms. The number of benzene rings is 1. The molecule has 1 aromatic rings. The molecular weight excluding hydrogens is 388 g/mol. The molecular formula is C26H34N2O3. The second kappa shape index (κ2) is 8.58. The first kappa shape index (κ1) is 21.0. The van der Waals surface area contributed by atoms with E-state index in [2.05, 4.69) is 33.8 Å². The molecule has 0 radical (unpaired) electrons. The number of fused-ring (bicyclic) bond motifs is 1. The van der Waals surface area contributed by atoms with Gasteiger partial charge in [-0.15, -0.1) is 0 Å². The maximum atomic E-state index is 12.8. The third-order valence-corrected chi connectivity index (χ3v) is 7.77. The molecule has 2 aliphatic carbocycles. The minimum atomic E-state index is -0.814. The zero-order valence-electron chi connectivity index (χ0n) is 18.3. The van der Waals surface area contributed by atoms with Gasteiger partial charge in [-0.05, 0) is 75.6 Å². The van der Waals surface area contributed by atoms with Crippen molar-refractivity contribution >= 4 is 5.91 Å². The first-order chi connectivity index (χ1) is 15.1. The molecule has 166 valence electrons. The summed E-state index contributed by atoms with van der Waals surface area (Å²) in [5.41, 5.74) is 1.32. The smallest absolute Gasteiger partial charge is 0.225 e. The maximum Gasteiger partial charge on any atom is 0.225 e. The molecule has 0 aromatic heterocycles. The minimum absolute atomic E-state index is 0.122. The Kier molecular flexibility index (Phi) is 5.81. The van der Waals surface area contributed by atoms with E-state index in [4.69, 9.17) is 0 Å². The van der Waals surface area contributed by atoms with Crippen LogP contribution < -0.4 is 0 Å². The highest BCUT2D eigenvalue weighted by Gasteiger charge is 2.50. The summed E-state index contributed by atoms with van der Waals surface area (Å²) in [7, 11) is 0. The van der Waals surface area contributed by atoms with E-state index >= 15 is 0 Å². The van der Waals surface area contributed by atoms with Crippen molar-refractivity contribution in [2.24, 2.45) is 5.92 Å². The zero-order chi connectivity index (χ0) is 21.4. The normalized spacial score (nSPS) is 30.4. The SMILES string of the molecule is O=C(C1CC1)N1CCCCN2[C@H](C1)[C@@H](c1ccc(C#CC3(O)CCCC3)cc1)[C@@H]2CO. The quantitative estimate of drug-likeness (QED) is 0.735. The lowest BCUT2D eigenvalue weighted by molar-refractivity contribution is -0.137. The van der Waals surface area contributed by atoms with Crippen LogP contribution in [0.5, 0.6) is 0 Å². The number of carbonyl (C=O) groups is 1. The summed E-state index contributed by atoms with van der Waals surface area (Å²) in [6.07, 6.45) is 7.85. The molecule has 2 heterocycles. The Hall–Kier alpha value is -1.87. The molecule has 5 heteroatoms. The molecule has 0 unspecified atom stereocenters. The number of amides is 1. The number of carbonyl (C=O) groups excluding carboxylic acids is 1. The summed E-state index contributed by atoms with van der Waals surface area (Å²) < 4.78 is 0. The molecule has 0 bridgehead atoms. The van der Waals surface area contributed by atoms with E-state index in [0.29, 0.717) is 5.91 Å². The molecule has 2 saturated carbocycles. The van der Waals surface area contributed by atoms with E-state index in [9.17, 15) is 15.0 Å². The summed E-state index contributed by atoms with van der Waals surface area (Å²) in [5, 5.41) is 20.6. The van der Waals surface area contributed by atoms with Gasteiger partial charge >= 0.3 is 0 Å². The third-order valence-electron chi connectivity index (χ3n) is 7.77. The van der Waals surface area contributed by atoms with Crippen molar-refractivity contribution in [3.8, 4) is 11.8 Å². The highest BCUT2D eigenvalue weighted by Crippen LogP contribution is 2.42. The van der Waals surface area contributed by atoms with Crippen LogP contribution >= 0.6 is 0 Å². The van der Waals surface area contributed by atoms with Gasteiger partial charge in [0.1, 0.15) is 5.60 Å². The standard InChI is InChI=1S/C26H34N2O3/c29-18-23-24(20-7-5-19(6-8-20)11-14-26(31)12-1-2-13-26)22-17-27(25(30)21-9-10-21)15-3-4-16-28(22)23/h5-8,21-24,29,31H,1-4,9-10,12-13,15-18H2/t22-,23+,24-/m1/s1. The molecule has 5 nitrogen and oxygen atoms in total. The van der Waals surface area contributed by atoms with Gasteiger partial charge in [0.25, 0.3) is 0 Å². The second-order valence-electron chi connectivity index (χ2n) is 9.96. The number of hydrogen-bond acceptors (Lipinski definition) is 4. The van der Waals surface area contributed by atoms with E-state index in [0.717, 1.165) is 76.6 Å². The maximum absolute atomic E-state index is 12.8. The lowest BCUT2D eigenvalue weighted by Crippen LogP contribution is -2.68. The number of rotatable bonds is 3. The zero-order valence-corrected chi connectivity index (χ0v) is 18.3. The second-order valence-corrected chi connectivity index (χ2v) is 9.96. The topological polar surface area (TPSA) is 64.0 Å². The van der Waals surface area contributed by atoms with Gasteiger partial charge in [-0.25, -0.2) is 0 Å². The van der Waals surface area contributed by atoms with Gasteiger partial charge in [-0.3, -0.25) is 9.69 Å². The monoisotopic (exact) mass is 422 g/mol. The molecule has 5 rings (SSSR count). The van der Waals surface area contributed by atoms with E-state index in [1.54, 1.807) is 0 Å². The molecule has 3 atom stereocenters. The summed E-state index contributed by atoms with van der Waals surface area (Å²) in [6.45, 7) is 2.78. The van der Waals surface area contributed by atoms with Gasteiger partial charge in [0.05, 0.1) is 6.61 Å². The summed E-state index contributed by atoms with van der Waals surface area (Å²) >= 11 is 0. The summed E-state index contributed by atoms with van der Waals surface area (Å²) in [5.74, 6) is 7.07. The van der Waals surface area contributed by atoms with E-state index < -0.39 is 5.60 Å². The predicted molar refractivity (Wildman–Crippen MR) is 119 cm³/mol. The Morgan fingerprint density at radius 3 is 2.45 bits per heavy atom. The Bertz CT molecular complexity index is 861. The van der Waals surface area contributed by atoms with Gasteiger partial charge in [0.2, 0.25) is 5.91 Å². The number of hydrogen-bond donors (Lipinski definition) is 2. The van der Waals surface area contributed by atoms with Gasteiger partial charge in [0, 0.05) is 42.6 Å². The van der Waals surface area contributed by atoms with Crippen LogP contribution in [0, 0.1) is 17.8 Å². The van der Waals surface area contributed by atoms with Gasteiger partial charge in [0.15, 0.2) is 0 Å². The van der Waals surface area contributed by atoms with Gasteiger partial charge in [-0.2, -0.15) is 0 Å². The average Bonchev–Trinajstić information content (AvgIpc) is 3.52. The molecule has 1 amide bonds. The molecule has 1 aromatic carbocycles. The van der Waals surface area contributed by atoms with Crippen LogP contribution in [0.25, 0.3) is 0 Å². The van der Waals surface area contributed by atoms with Crippen LogP contribution in [0.3, 0.4) is 0 Å². The fourth-order valence-corrected chi connectivity index (χ4v) is 5.79. The van der Waals surface area contributed by atoms with Gasteiger partial charge < -0.3 is 15.1 Å². The summed E-state index contributed by atoms with van der Waals surface area (Å²) in [4.78, 5) is 17.3. The first-order valence-electron chi connectivity index (χ1n) is 12.1. The van der Waals surface area contributed by atoms with Crippen molar-refractivity contribution in [2.45, 2.75) is 75.0 Å². The molecule has 4 fully saturated rings. The number of aliphatic hydroxyl groups is 2. The Morgan fingerprint density at radius 2 is 1.77 bits per heavy atom. The van der Waals surface area contributed by atoms with Crippen molar-refractivity contribution < 1.29 is 15.0 Å². The molecule has 4 aliphatic rings. The van der Waals surface area contributed by atoms with Crippen molar-refractivity contribution in [1.82, 2.24) is 9.80 Å². The highest BCUT2D eigenvalue weighted by molar-refractivity contribution is 5.81. The fourth-order valence-electron chi connectivity index (χ4n) is 5.79. The Labute approximate surface area is 185 Å². The van der Waals surface area contributed by atoms with Crippen molar-refractivity contribution in [3.05, 3.63) is 35.4 Å². The first-order valence-corrected chi connectivity index (χ1v) is 12.1. The van der Waals surface area contributed by atoms with E-state index in [-0.39, 0.29) is 30.5 Å². The van der Waals surface area contributed by atoms with Crippen LogP contribution in [0.15, 0.2) is 24.3 Å². The lowest BCUT2D eigenvalue weighted by Gasteiger charge is -2.57. The molecule has 2 aliphatic heterocycles. The molecule has 2 saturated heterocycles. The largest absolute Gasteiger partial charge is 0.395 e. The van der Waals surface area contributed by atoms with Crippen LogP contribution in [0.1, 0.15) is 68.4 Å². The third kappa shape index (κ3) is 4.26.